The second-order valence-electron chi connectivity index (χ2n) is 4.67. The van der Waals surface area contributed by atoms with Crippen LogP contribution in [0.2, 0.25) is 0 Å². The van der Waals surface area contributed by atoms with Crippen LogP contribution in [-0.2, 0) is 16.1 Å². The molecule has 0 saturated carbocycles. The van der Waals surface area contributed by atoms with Gasteiger partial charge in [-0.25, -0.2) is 4.79 Å². The van der Waals surface area contributed by atoms with Crippen molar-refractivity contribution in [1.82, 2.24) is 0 Å². The van der Waals surface area contributed by atoms with E-state index in [4.69, 9.17) is 19.5 Å². The molecule has 0 unspecified atom stereocenters. The average Bonchev–Trinajstić information content (AvgIpc) is 2.60. The molecule has 0 fully saturated rings. The van der Waals surface area contributed by atoms with Crippen LogP contribution in [0, 0.1) is 11.3 Å². The highest BCUT2D eigenvalue weighted by molar-refractivity contribution is 5.71. The molecular weight excluding hydrogens is 294 g/mol. The highest BCUT2D eigenvalue weighted by Crippen LogP contribution is 2.17. The van der Waals surface area contributed by atoms with Crippen LogP contribution in [0.1, 0.15) is 18.1 Å². The monoisotopic (exact) mass is 311 g/mol. The third kappa shape index (κ3) is 5.36. The summed E-state index contributed by atoms with van der Waals surface area (Å²) in [5, 5.41) is 8.82. The Bertz CT molecular complexity index is 689. The Hall–Kier alpha value is -3.00. The molecule has 118 valence electrons. The lowest BCUT2D eigenvalue weighted by Gasteiger charge is -2.08. The lowest BCUT2D eigenvalue weighted by atomic mass is 10.1. The van der Waals surface area contributed by atoms with Gasteiger partial charge >= 0.3 is 5.97 Å². The third-order valence-electron chi connectivity index (χ3n) is 2.95. The van der Waals surface area contributed by atoms with Crippen molar-refractivity contribution in [2.24, 2.45) is 0 Å². The predicted molar refractivity (Wildman–Crippen MR) is 84.1 cm³/mol. The van der Waals surface area contributed by atoms with E-state index in [0.717, 1.165) is 11.3 Å². The number of nitriles is 1. The molecule has 0 heterocycles. The van der Waals surface area contributed by atoms with E-state index < -0.39 is 5.97 Å². The number of hydrogen-bond donors (Lipinski definition) is 0. The van der Waals surface area contributed by atoms with Crippen molar-refractivity contribution in [2.45, 2.75) is 13.5 Å². The van der Waals surface area contributed by atoms with Gasteiger partial charge in [0, 0.05) is 0 Å². The van der Waals surface area contributed by atoms with Crippen molar-refractivity contribution in [2.75, 3.05) is 13.2 Å². The maximum absolute atomic E-state index is 11.7. The Kier molecular flexibility index (Phi) is 6.01. The molecule has 0 aliphatic carbocycles. The summed E-state index contributed by atoms with van der Waals surface area (Å²) in [5.74, 6) is 0.845. The van der Waals surface area contributed by atoms with Crippen LogP contribution in [0.4, 0.5) is 0 Å². The molecule has 5 nitrogen and oxygen atoms in total. The Morgan fingerprint density at radius 2 is 1.78 bits per heavy atom. The SMILES string of the molecule is CCOc1ccc(OCC(=O)OCc2cccc(C#N)c2)cc1. The zero-order chi connectivity index (χ0) is 16.5. The van der Waals surface area contributed by atoms with Gasteiger partial charge < -0.3 is 14.2 Å². The maximum Gasteiger partial charge on any atom is 0.344 e. The molecule has 0 aliphatic heterocycles. The van der Waals surface area contributed by atoms with Crippen molar-refractivity contribution < 1.29 is 19.0 Å². The van der Waals surface area contributed by atoms with Crippen molar-refractivity contribution in [3.05, 3.63) is 59.7 Å². The summed E-state index contributed by atoms with van der Waals surface area (Å²) in [6.45, 7) is 2.44. The fourth-order valence-corrected chi connectivity index (χ4v) is 1.88. The number of carbonyl (C=O) groups excluding carboxylic acids is 1. The first kappa shape index (κ1) is 16.4. The zero-order valence-corrected chi connectivity index (χ0v) is 12.8. The minimum absolute atomic E-state index is 0.112. The van der Waals surface area contributed by atoms with E-state index in [0.29, 0.717) is 17.9 Å². The van der Waals surface area contributed by atoms with Crippen molar-refractivity contribution in [3.63, 3.8) is 0 Å². The van der Waals surface area contributed by atoms with E-state index >= 15 is 0 Å². The van der Waals surface area contributed by atoms with Crippen molar-refractivity contribution in [3.8, 4) is 17.6 Å². The van der Waals surface area contributed by atoms with Crippen molar-refractivity contribution >= 4 is 5.97 Å². The lowest BCUT2D eigenvalue weighted by molar-refractivity contribution is -0.147. The van der Waals surface area contributed by atoms with E-state index in [2.05, 4.69) is 0 Å². The Balaban J connectivity index is 1.77. The van der Waals surface area contributed by atoms with Crippen LogP contribution in [0.5, 0.6) is 11.5 Å². The molecule has 0 bridgehead atoms. The highest BCUT2D eigenvalue weighted by atomic mass is 16.6. The molecule has 23 heavy (non-hydrogen) atoms. The molecule has 0 amide bonds. The molecule has 2 rings (SSSR count). The van der Waals surface area contributed by atoms with Crippen LogP contribution in [0.15, 0.2) is 48.5 Å². The number of carbonyl (C=O) groups is 1. The summed E-state index contributed by atoms with van der Waals surface area (Å²) < 4.78 is 15.8. The first-order chi connectivity index (χ1) is 11.2. The topological polar surface area (TPSA) is 68.6 Å². The van der Waals surface area contributed by atoms with Gasteiger partial charge in [-0.15, -0.1) is 0 Å². The maximum atomic E-state index is 11.7. The molecule has 2 aromatic carbocycles. The molecule has 2 aromatic rings. The van der Waals surface area contributed by atoms with E-state index in [1.54, 1.807) is 48.5 Å². The van der Waals surface area contributed by atoms with E-state index in [1.807, 2.05) is 13.0 Å². The Labute approximate surface area is 135 Å². The van der Waals surface area contributed by atoms with Crippen molar-refractivity contribution in [1.29, 1.82) is 5.26 Å². The molecule has 0 atom stereocenters. The minimum Gasteiger partial charge on any atom is -0.494 e. The lowest BCUT2D eigenvalue weighted by Crippen LogP contribution is -2.14. The van der Waals surface area contributed by atoms with Gasteiger partial charge in [0.15, 0.2) is 6.61 Å². The van der Waals surface area contributed by atoms with Gasteiger partial charge in [0.1, 0.15) is 18.1 Å². The molecule has 0 saturated heterocycles. The summed E-state index contributed by atoms with van der Waals surface area (Å²) >= 11 is 0. The zero-order valence-electron chi connectivity index (χ0n) is 12.8. The summed E-state index contributed by atoms with van der Waals surface area (Å²) in [4.78, 5) is 11.7. The summed E-state index contributed by atoms with van der Waals surface area (Å²) in [7, 11) is 0. The van der Waals surface area contributed by atoms with Gasteiger partial charge in [0.2, 0.25) is 0 Å². The van der Waals surface area contributed by atoms with Gasteiger partial charge in [0.25, 0.3) is 0 Å². The van der Waals surface area contributed by atoms with E-state index in [1.165, 1.54) is 0 Å². The number of ether oxygens (including phenoxy) is 3. The summed E-state index contributed by atoms with van der Waals surface area (Å²) in [5.41, 5.74) is 1.29. The van der Waals surface area contributed by atoms with E-state index in [-0.39, 0.29) is 13.2 Å². The number of hydrogen-bond acceptors (Lipinski definition) is 5. The third-order valence-corrected chi connectivity index (χ3v) is 2.95. The molecular formula is C18H17NO4. The molecule has 0 aromatic heterocycles. The molecule has 0 radical (unpaired) electrons. The molecule has 0 spiro atoms. The number of benzene rings is 2. The fourth-order valence-electron chi connectivity index (χ4n) is 1.88. The van der Waals surface area contributed by atoms with Gasteiger partial charge in [-0.05, 0) is 48.9 Å². The second kappa shape index (κ2) is 8.44. The van der Waals surface area contributed by atoms with Crippen LogP contribution >= 0.6 is 0 Å². The van der Waals surface area contributed by atoms with Crippen LogP contribution in [0.3, 0.4) is 0 Å². The number of rotatable bonds is 7. The first-order valence-corrected chi connectivity index (χ1v) is 7.21. The van der Waals surface area contributed by atoms with Gasteiger partial charge in [0.05, 0.1) is 18.2 Å². The smallest absolute Gasteiger partial charge is 0.344 e. The number of nitrogens with zero attached hydrogens (tertiary/aromatic N) is 1. The average molecular weight is 311 g/mol. The largest absolute Gasteiger partial charge is 0.494 e. The standard InChI is InChI=1S/C18H17NO4/c1-2-21-16-6-8-17(9-7-16)22-13-18(20)23-12-15-5-3-4-14(10-15)11-19/h3-10H,2,12-13H2,1H3. The predicted octanol–water partition coefficient (Wildman–Crippen LogP) is 3.08. The van der Waals surface area contributed by atoms with Gasteiger partial charge in [-0.2, -0.15) is 5.26 Å². The van der Waals surface area contributed by atoms with Gasteiger partial charge in [-0.1, -0.05) is 12.1 Å². The van der Waals surface area contributed by atoms with Gasteiger partial charge in [-0.3, -0.25) is 0 Å². The fraction of sp³-hybridized carbons (Fsp3) is 0.222. The highest BCUT2D eigenvalue weighted by Gasteiger charge is 2.06. The molecule has 5 heteroatoms. The minimum atomic E-state index is -0.471. The van der Waals surface area contributed by atoms with E-state index in [9.17, 15) is 4.79 Å². The Morgan fingerprint density at radius 1 is 1.09 bits per heavy atom. The quantitative estimate of drug-likeness (QED) is 0.735. The molecule has 0 N–H and O–H groups in total. The van der Waals surface area contributed by atoms with Crippen LogP contribution in [0.25, 0.3) is 0 Å². The molecule has 0 aliphatic rings. The van der Waals surface area contributed by atoms with Crippen LogP contribution < -0.4 is 9.47 Å². The Morgan fingerprint density at radius 3 is 2.43 bits per heavy atom. The normalized spacial score (nSPS) is 9.74. The first-order valence-electron chi connectivity index (χ1n) is 7.21. The number of esters is 1. The van der Waals surface area contributed by atoms with Crippen LogP contribution in [-0.4, -0.2) is 19.2 Å². The summed E-state index contributed by atoms with van der Waals surface area (Å²) in [6.07, 6.45) is 0. The summed E-state index contributed by atoms with van der Waals surface area (Å²) in [6, 6.07) is 16.0. The second-order valence-corrected chi connectivity index (χ2v) is 4.67.